The Hall–Kier alpha value is -2.41. The minimum atomic E-state index is -0.0402. The summed E-state index contributed by atoms with van der Waals surface area (Å²) in [4.78, 5) is 32.0. The van der Waals surface area contributed by atoms with Gasteiger partial charge in [-0.25, -0.2) is 4.98 Å². The average molecular weight is 330 g/mol. The van der Waals surface area contributed by atoms with E-state index in [9.17, 15) is 9.59 Å². The lowest BCUT2D eigenvalue weighted by atomic mass is 10.3. The molecule has 2 aromatic heterocycles. The highest BCUT2D eigenvalue weighted by atomic mass is 32.1. The van der Waals surface area contributed by atoms with Gasteiger partial charge < -0.3 is 15.1 Å². The van der Waals surface area contributed by atoms with Crippen molar-refractivity contribution in [2.75, 3.05) is 36.4 Å². The Morgan fingerprint density at radius 1 is 1.26 bits per heavy atom. The maximum atomic E-state index is 12.0. The first-order valence-corrected chi connectivity index (χ1v) is 8.35. The van der Waals surface area contributed by atoms with Gasteiger partial charge in [-0.3, -0.25) is 9.59 Å². The van der Waals surface area contributed by atoms with Crippen molar-refractivity contribution in [3.63, 3.8) is 0 Å². The summed E-state index contributed by atoms with van der Waals surface area (Å²) in [6.07, 6.45) is 2.94. The summed E-state index contributed by atoms with van der Waals surface area (Å²) in [6.45, 7) is 2.97. The van der Waals surface area contributed by atoms with Crippen LogP contribution < -0.4 is 10.2 Å². The minimum absolute atomic E-state index is 0.0402. The van der Waals surface area contributed by atoms with Gasteiger partial charge in [0.15, 0.2) is 0 Å². The molecular weight excluding hydrogens is 312 g/mol. The van der Waals surface area contributed by atoms with Crippen LogP contribution in [0.2, 0.25) is 0 Å². The van der Waals surface area contributed by atoms with Gasteiger partial charge in [-0.05, 0) is 23.6 Å². The Morgan fingerprint density at radius 3 is 2.70 bits per heavy atom. The third kappa shape index (κ3) is 4.07. The monoisotopic (exact) mass is 330 g/mol. The zero-order valence-corrected chi connectivity index (χ0v) is 13.5. The third-order valence-corrected chi connectivity index (χ3v) is 4.61. The smallest absolute Gasteiger partial charge is 0.229 e. The van der Waals surface area contributed by atoms with E-state index in [2.05, 4.69) is 15.2 Å². The number of anilines is 2. The summed E-state index contributed by atoms with van der Waals surface area (Å²) in [6, 6.07) is 7.65. The number of rotatable bonds is 5. The summed E-state index contributed by atoms with van der Waals surface area (Å²) in [5.41, 5.74) is 0.696. The highest BCUT2D eigenvalue weighted by Crippen LogP contribution is 2.16. The fourth-order valence-corrected chi connectivity index (χ4v) is 3.18. The average Bonchev–Trinajstić information content (AvgIpc) is 3.08. The van der Waals surface area contributed by atoms with E-state index in [1.54, 1.807) is 22.4 Å². The topological polar surface area (TPSA) is 65.5 Å². The van der Waals surface area contributed by atoms with E-state index < -0.39 is 0 Å². The lowest BCUT2D eigenvalue weighted by Crippen LogP contribution is -2.46. The van der Waals surface area contributed by atoms with Crippen LogP contribution in [-0.2, 0) is 16.0 Å². The van der Waals surface area contributed by atoms with Crippen LogP contribution in [0.1, 0.15) is 4.88 Å². The van der Waals surface area contributed by atoms with Crippen molar-refractivity contribution < 1.29 is 9.59 Å². The number of aromatic nitrogens is 1. The number of carbonyl (C=O) groups is 2. The van der Waals surface area contributed by atoms with Crippen LogP contribution in [0.5, 0.6) is 0 Å². The predicted molar refractivity (Wildman–Crippen MR) is 90.7 cm³/mol. The first-order valence-electron chi connectivity index (χ1n) is 7.47. The summed E-state index contributed by atoms with van der Waals surface area (Å²) < 4.78 is 0. The number of nitrogens with zero attached hydrogens (tertiary/aromatic N) is 3. The molecule has 0 atom stereocenters. The van der Waals surface area contributed by atoms with Gasteiger partial charge in [0.1, 0.15) is 5.82 Å². The van der Waals surface area contributed by atoms with E-state index in [1.165, 1.54) is 0 Å². The van der Waals surface area contributed by atoms with Gasteiger partial charge in [0.25, 0.3) is 0 Å². The van der Waals surface area contributed by atoms with E-state index in [4.69, 9.17) is 0 Å². The molecule has 2 amide bonds. The molecular formula is C16H18N4O2S. The molecule has 1 fully saturated rings. The molecule has 0 unspecified atom stereocenters. The summed E-state index contributed by atoms with van der Waals surface area (Å²) >= 11 is 1.57. The molecule has 1 N–H and O–H groups in total. The second kappa shape index (κ2) is 7.23. The lowest BCUT2D eigenvalue weighted by Gasteiger charge is -2.33. The second-order valence-corrected chi connectivity index (χ2v) is 6.37. The number of piperazine rings is 1. The van der Waals surface area contributed by atoms with Gasteiger partial charge in [0, 0.05) is 31.1 Å². The molecule has 0 aromatic carbocycles. The van der Waals surface area contributed by atoms with Gasteiger partial charge in [0.2, 0.25) is 12.3 Å². The van der Waals surface area contributed by atoms with E-state index in [0.717, 1.165) is 30.2 Å². The summed E-state index contributed by atoms with van der Waals surface area (Å²) in [5, 5.41) is 4.82. The Labute approximate surface area is 138 Å². The van der Waals surface area contributed by atoms with Gasteiger partial charge in [-0.1, -0.05) is 6.07 Å². The fourth-order valence-electron chi connectivity index (χ4n) is 2.48. The molecule has 0 aliphatic carbocycles. The predicted octanol–water partition coefficient (Wildman–Crippen LogP) is 1.60. The van der Waals surface area contributed by atoms with Crippen LogP contribution in [0.15, 0.2) is 35.8 Å². The summed E-state index contributed by atoms with van der Waals surface area (Å²) in [5.74, 6) is 0.827. The van der Waals surface area contributed by atoms with Gasteiger partial charge in [-0.2, -0.15) is 0 Å². The fraction of sp³-hybridized carbons (Fsp3) is 0.312. The van der Waals surface area contributed by atoms with Crippen LogP contribution in [0.3, 0.4) is 0 Å². The number of hydrogen-bond acceptors (Lipinski definition) is 5. The first-order chi connectivity index (χ1) is 11.2. The van der Waals surface area contributed by atoms with E-state index >= 15 is 0 Å². The Kier molecular flexibility index (Phi) is 4.87. The Morgan fingerprint density at radius 2 is 2.09 bits per heavy atom. The Balaban J connectivity index is 1.55. The zero-order chi connectivity index (χ0) is 16.1. The van der Waals surface area contributed by atoms with Crippen LogP contribution in [0.4, 0.5) is 11.5 Å². The molecule has 3 heterocycles. The number of hydrogen-bond donors (Lipinski definition) is 1. The number of pyridine rings is 1. The largest absolute Gasteiger partial charge is 0.353 e. The number of amides is 2. The van der Waals surface area contributed by atoms with E-state index in [-0.39, 0.29) is 5.91 Å². The quantitative estimate of drug-likeness (QED) is 0.846. The van der Waals surface area contributed by atoms with Gasteiger partial charge >= 0.3 is 0 Å². The number of thiophene rings is 1. The molecule has 0 bridgehead atoms. The maximum absolute atomic E-state index is 12.0. The maximum Gasteiger partial charge on any atom is 0.229 e. The first kappa shape index (κ1) is 15.5. The molecule has 1 aliphatic rings. The highest BCUT2D eigenvalue weighted by molar-refractivity contribution is 7.10. The lowest BCUT2D eigenvalue weighted by molar-refractivity contribution is -0.118. The van der Waals surface area contributed by atoms with Crippen molar-refractivity contribution in [3.05, 3.63) is 40.7 Å². The molecule has 1 aliphatic heterocycles. The molecule has 0 saturated carbocycles. The molecule has 3 rings (SSSR count). The molecule has 2 aromatic rings. The van der Waals surface area contributed by atoms with Crippen LogP contribution >= 0.6 is 11.3 Å². The van der Waals surface area contributed by atoms with Crippen LogP contribution in [0, 0.1) is 0 Å². The SMILES string of the molecule is O=CN1CCN(c2ccc(NC(=O)Cc3cccs3)cn2)CC1. The van der Waals surface area contributed by atoms with Crippen molar-refractivity contribution >= 4 is 35.2 Å². The van der Waals surface area contributed by atoms with Crippen molar-refractivity contribution in [3.8, 4) is 0 Å². The van der Waals surface area contributed by atoms with Crippen molar-refractivity contribution in [1.82, 2.24) is 9.88 Å². The molecule has 0 spiro atoms. The molecule has 120 valence electrons. The zero-order valence-electron chi connectivity index (χ0n) is 12.6. The molecule has 0 radical (unpaired) electrons. The van der Waals surface area contributed by atoms with Crippen molar-refractivity contribution in [2.45, 2.75) is 6.42 Å². The normalized spacial score (nSPS) is 14.6. The Bertz CT molecular complexity index is 649. The van der Waals surface area contributed by atoms with Gasteiger partial charge in [0.05, 0.1) is 18.3 Å². The third-order valence-electron chi connectivity index (χ3n) is 3.73. The van der Waals surface area contributed by atoms with Crippen molar-refractivity contribution in [2.24, 2.45) is 0 Å². The number of nitrogens with one attached hydrogen (secondary N) is 1. The second-order valence-electron chi connectivity index (χ2n) is 5.34. The van der Waals surface area contributed by atoms with E-state index in [1.807, 2.05) is 29.6 Å². The molecule has 1 saturated heterocycles. The highest BCUT2D eigenvalue weighted by Gasteiger charge is 2.16. The number of carbonyl (C=O) groups excluding carboxylic acids is 2. The van der Waals surface area contributed by atoms with E-state index in [0.29, 0.717) is 25.2 Å². The van der Waals surface area contributed by atoms with Crippen LogP contribution in [0.25, 0.3) is 0 Å². The van der Waals surface area contributed by atoms with Crippen molar-refractivity contribution in [1.29, 1.82) is 0 Å². The van der Waals surface area contributed by atoms with Crippen LogP contribution in [-0.4, -0.2) is 48.4 Å². The summed E-state index contributed by atoms with van der Waals surface area (Å²) in [7, 11) is 0. The van der Waals surface area contributed by atoms with Gasteiger partial charge in [-0.15, -0.1) is 11.3 Å². The molecule has 6 nitrogen and oxygen atoms in total. The molecule has 7 heteroatoms. The molecule has 23 heavy (non-hydrogen) atoms. The minimum Gasteiger partial charge on any atom is -0.353 e. The standard InChI is InChI=1S/C16H18N4O2S/c21-12-19-5-7-20(8-6-19)15-4-3-13(11-17-15)18-16(22)10-14-2-1-9-23-14/h1-4,9,11-12H,5-8,10H2,(H,18,22).